The summed E-state index contributed by atoms with van der Waals surface area (Å²) >= 11 is 0. The highest BCUT2D eigenvalue weighted by atomic mass is 16.7. The van der Waals surface area contributed by atoms with Gasteiger partial charge in [0.2, 0.25) is 0 Å². The molecule has 2 aliphatic heterocycles. The van der Waals surface area contributed by atoms with Crippen LogP contribution in [0.25, 0.3) is 11.3 Å². The van der Waals surface area contributed by atoms with Crippen LogP contribution in [0.4, 0.5) is 0 Å². The summed E-state index contributed by atoms with van der Waals surface area (Å²) in [4.78, 5) is 4.34. The molecule has 2 aromatic heterocycles. The average Bonchev–Trinajstić information content (AvgIpc) is 3.10. The molecule has 0 atom stereocenters. The second-order valence-corrected chi connectivity index (χ2v) is 7.87. The molecule has 4 heterocycles. The minimum Gasteiger partial charge on any atom is -0.399 e. The Labute approximate surface area is 143 Å². The maximum Gasteiger partial charge on any atom is 0.499 e. The molecule has 24 heavy (non-hydrogen) atoms. The van der Waals surface area contributed by atoms with Crippen molar-refractivity contribution >= 4 is 12.6 Å². The summed E-state index contributed by atoms with van der Waals surface area (Å²) in [5, 5.41) is 4.86. The minimum absolute atomic E-state index is 0.354. The van der Waals surface area contributed by atoms with E-state index in [-0.39, 0.29) is 18.3 Å². The van der Waals surface area contributed by atoms with Crippen LogP contribution in [0.5, 0.6) is 0 Å². The summed E-state index contributed by atoms with van der Waals surface area (Å²) in [7, 11) is -0.382. The molecule has 6 heteroatoms. The number of hydrogen-bond donors (Lipinski definition) is 0. The average molecular weight is 325 g/mol. The number of pyridine rings is 1. The Bertz CT molecular complexity index is 782. The molecule has 0 aliphatic carbocycles. The molecule has 2 aliphatic rings. The standard InChI is InChI=1S/C18H24BN3O2/c1-12-9-13(11-20-10-12)16-15(14-7-6-8-22(14)21-16)19-23-17(2,3)18(4,5)24-19/h9-11H,6-8H2,1-5H3. The van der Waals surface area contributed by atoms with E-state index < -0.39 is 0 Å². The van der Waals surface area contributed by atoms with Crippen LogP contribution in [0.3, 0.4) is 0 Å². The molecule has 5 nitrogen and oxygen atoms in total. The summed E-state index contributed by atoms with van der Waals surface area (Å²) < 4.78 is 14.8. The number of aromatic nitrogens is 3. The van der Waals surface area contributed by atoms with Gasteiger partial charge in [-0.3, -0.25) is 9.67 Å². The van der Waals surface area contributed by atoms with E-state index in [1.165, 1.54) is 5.69 Å². The largest absolute Gasteiger partial charge is 0.499 e. The van der Waals surface area contributed by atoms with Gasteiger partial charge in [-0.05, 0) is 59.1 Å². The van der Waals surface area contributed by atoms with Gasteiger partial charge in [-0.1, -0.05) is 0 Å². The molecule has 1 fully saturated rings. The fourth-order valence-corrected chi connectivity index (χ4v) is 3.46. The highest BCUT2D eigenvalue weighted by molar-refractivity contribution is 6.64. The van der Waals surface area contributed by atoms with Crippen molar-refractivity contribution in [2.75, 3.05) is 0 Å². The monoisotopic (exact) mass is 325 g/mol. The Kier molecular flexibility index (Phi) is 3.41. The first-order valence-corrected chi connectivity index (χ1v) is 8.66. The van der Waals surface area contributed by atoms with E-state index in [0.717, 1.165) is 41.7 Å². The van der Waals surface area contributed by atoms with E-state index >= 15 is 0 Å². The molecule has 0 radical (unpaired) electrons. The van der Waals surface area contributed by atoms with Crippen molar-refractivity contribution in [3.63, 3.8) is 0 Å². The molecule has 1 saturated heterocycles. The summed E-state index contributed by atoms with van der Waals surface area (Å²) in [6, 6.07) is 2.12. The second-order valence-electron chi connectivity index (χ2n) is 7.87. The summed E-state index contributed by atoms with van der Waals surface area (Å²) in [6.45, 7) is 11.4. The van der Waals surface area contributed by atoms with E-state index in [9.17, 15) is 0 Å². The summed E-state index contributed by atoms with van der Waals surface area (Å²) in [5.41, 5.74) is 4.71. The molecule has 2 aromatic rings. The van der Waals surface area contributed by atoms with Gasteiger partial charge in [0.25, 0.3) is 0 Å². The maximum absolute atomic E-state index is 6.33. The molecule has 0 aromatic carbocycles. The highest BCUT2D eigenvalue weighted by Crippen LogP contribution is 2.38. The molecular formula is C18H24BN3O2. The zero-order valence-electron chi connectivity index (χ0n) is 15.1. The lowest BCUT2D eigenvalue weighted by Gasteiger charge is -2.32. The van der Waals surface area contributed by atoms with E-state index in [2.05, 4.69) is 50.4 Å². The van der Waals surface area contributed by atoms with Gasteiger partial charge in [-0.2, -0.15) is 5.10 Å². The molecule has 0 saturated carbocycles. The first-order valence-electron chi connectivity index (χ1n) is 8.66. The van der Waals surface area contributed by atoms with Crippen molar-refractivity contribution in [2.45, 2.75) is 65.2 Å². The quantitative estimate of drug-likeness (QED) is 0.796. The number of fused-ring (bicyclic) bond motifs is 1. The van der Waals surface area contributed by atoms with Crippen molar-refractivity contribution < 1.29 is 9.31 Å². The Balaban J connectivity index is 1.84. The van der Waals surface area contributed by atoms with Crippen LogP contribution in [0.1, 0.15) is 45.4 Å². The van der Waals surface area contributed by atoms with Gasteiger partial charge in [0, 0.05) is 35.7 Å². The SMILES string of the molecule is Cc1cncc(-c2nn3c(c2B2OC(C)(C)C(C)(C)O2)CCC3)c1. The summed E-state index contributed by atoms with van der Waals surface area (Å²) in [6.07, 6.45) is 5.88. The molecule has 0 bridgehead atoms. The zero-order chi connectivity index (χ0) is 17.1. The first-order chi connectivity index (χ1) is 11.3. The molecular weight excluding hydrogens is 301 g/mol. The number of aryl methyl sites for hydroxylation is 2. The third-order valence-electron chi connectivity index (χ3n) is 5.52. The van der Waals surface area contributed by atoms with E-state index in [1.807, 2.05) is 12.4 Å². The van der Waals surface area contributed by atoms with Gasteiger partial charge in [0.15, 0.2) is 0 Å². The van der Waals surface area contributed by atoms with Crippen molar-refractivity contribution in [1.82, 2.24) is 14.8 Å². The fourth-order valence-electron chi connectivity index (χ4n) is 3.46. The molecule has 4 rings (SSSR count). The van der Waals surface area contributed by atoms with Gasteiger partial charge in [-0.15, -0.1) is 0 Å². The molecule has 0 amide bonds. The number of nitrogens with zero attached hydrogens (tertiary/aromatic N) is 3. The third-order valence-corrected chi connectivity index (χ3v) is 5.52. The van der Waals surface area contributed by atoms with Gasteiger partial charge in [0.05, 0.1) is 16.9 Å². The number of hydrogen-bond acceptors (Lipinski definition) is 4. The zero-order valence-corrected chi connectivity index (χ0v) is 15.1. The number of rotatable bonds is 2. The predicted molar refractivity (Wildman–Crippen MR) is 94.2 cm³/mol. The Morgan fingerprint density at radius 3 is 2.50 bits per heavy atom. The topological polar surface area (TPSA) is 49.2 Å². The molecule has 0 spiro atoms. The van der Waals surface area contributed by atoms with Crippen LogP contribution in [0, 0.1) is 6.92 Å². The van der Waals surface area contributed by atoms with Crippen LogP contribution >= 0.6 is 0 Å². The van der Waals surface area contributed by atoms with Crippen molar-refractivity contribution in [2.24, 2.45) is 0 Å². The van der Waals surface area contributed by atoms with Gasteiger partial charge < -0.3 is 9.31 Å². The highest BCUT2D eigenvalue weighted by Gasteiger charge is 2.53. The fraction of sp³-hybridized carbons (Fsp3) is 0.556. The second kappa shape index (κ2) is 5.17. The van der Waals surface area contributed by atoms with Gasteiger partial charge in [-0.25, -0.2) is 0 Å². The van der Waals surface area contributed by atoms with E-state index in [1.54, 1.807) is 0 Å². The molecule has 0 unspecified atom stereocenters. The molecule has 126 valence electrons. The van der Waals surface area contributed by atoms with Crippen molar-refractivity contribution in [1.29, 1.82) is 0 Å². The van der Waals surface area contributed by atoms with E-state index in [4.69, 9.17) is 14.4 Å². The van der Waals surface area contributed by atoms with Crippen LogP contribution in [-0.4, -0.2) is 33.1 Å². The lowest BCUT2D eigenvalue weighted by Crippen LogP contribution is -2.41. The van der Waals surface area contributed by atoms with Crippen LogP contribution in [0.2, 0.25) is 0 Å². The minimum atomic E-state index is -0.382. The van der Waals surface area contributed by atoms with Crippen molar-refractivity contribution in [3.05, 3.63) is 29.7 Å². The van der Waals surface area contributed by atoms with Crippen LogP contribution < -0.4 is 5.46 Å². The van der Waals surface area contributed by atoms with Gasteiger partial charge in [0.1, 0.15) is 0 Å². The Morgan fingerprint density at radius 1 is 1.12 bits per heavy atom. The lowest BCUT2D eigenvalue weighted by atomic mass is 9.75. The maximum atomic E-state index is 6.33. The lowest BCUT2D eigenvalue weighted by molar-refractivity contribution is 0.00578. The van der Waals surface area contributed by atoms with Gasteiger partial charge >= 0.3 is 7.12 Å². The molecule has 0 N–H and O–H groups in total. The van der Waals surface area contributed by atoms with Crippen molar-refractivity contribution in [3.8, 4) is 11.3 Å². The Morgan fingerprint density at radius 2 is 1.83 bits per heavy atom. The van der Waals surface area contributed by atoms with Crippen LogP contribution in [0.15, 0.2) is 18.5 Å². The Hall–Kier alpha value is -1.66. The smallest absolute Gasteiger partial charge is 0.399 e. The van der Waals surface area contributed by atoms with Crippen LogP contribution in [-0.2, 0) is 22.3 Å². The van der Waals surface area contributed by atoms with E-state index in [0.29, 0.717) is 0 Å². The third kappa shape index (κ3) is 2.32. The summed E-state index contributed by atoms with van der Waals surface area (Å²) in [5.74, 6) is 0. The first kappa shape index (κ1) is 15.8. The normalized spacial score (nSPS) is 21.3. The predicted octanol–water partition coefficient (Wildman–Crippen LogP) is 2.50.